The van der Waals surface area contributed by atoms with Gasteiger partial charge in [0, 0.05) is 55.1 Å². The van der Waals surface area contributed by atoms with Crippen LogP contribution < -0.4 is 11.1 Å². The normalized spacial score (nSPS) is 16.6. The van der Waals surface area contributed by atoms with Gasteiger partial charge in [-0.25, -0.2) is 9.78 Å². The molecular weight excluding hydrogens is 388 g/mol. The number of likely N-dealkylation sites (tertiary alicyclic amines) is 1. The first-order valence-electron chi connectivity index (χ1n) is 9.40. The molecule has 0 bridgehead atoms. The fourth-order valence-electron chi connectivity index (χ4n) is 3.65. The maximum Gasteiger partial charge on any atom is 0.321 e. The number of nitrogens with two attached hydrogens (primary N) is 1. The van der Waals surface area contributed by atoms with E-state index >= 15 is 0 Å². The minimum absolute atomic E-state index is 0.00882. The molecule has 3 heterocycles. The van der Waals surface area contributed by atoms with E-state index in [9.17, 15) is 9.59 Å². The Labute approximate surface area is 172 Å². The Hall–Kier alpha value is -3.20. The van der Waals surface area contributed by atoms with Crippen molar-refractivity contribution in [2.45, 2.75) is 18.8 Å². The zero-order valence-electron chi connectivity index (χ0n) is 16.0. The fourth-order valence-corrected chi connectivity index (χ4v) is 4.29. The topological polar surface area (TPSA) is 106 Å². The highest BCUT2D eigenvalue weighted by molar-refractivity contribution is 7.13. The van der Waals surface area contributed by atoms with Gasteiger partial charge in [0.1, 0.15) is 5.01 Å². The highest BCUT2D eigenvalue weighted by Gasteiger charge is 2.29. The Morgan fingerprint density at radius 3 is 2.76 bits per heavy atom. The standard InChI is InChI=1S/C20H22N6O2S/c1-25-12-16(18(21)27)17(24-25)14-3-2-9-26(11-14)20(28)23-15-6-4-13(5-7-15)19-22-8-10-29-19/h4-8,10,12,14H,2-3,9,11H2,1H3,(H2,21,27)(H,23,28)/t14-/m1/s1. The summed E-state index contributed by atoms with van der Waals surface area (Å²) in [5.74, 6) is -0.500. The van der Waals surface area contributed by atoms with Crippen LogP contribution in [0.2, 0.25) is 0 Å². The summed E-state index contributed by atoms with van der Waals surface area (Å²) in [4.78, 5) is 30.5. The van der Waals surface area contributed by atoms with E-state index in [1.807, 2.05) is 29.6 Å². The number of nitrogens with zero attached hydrogens (tertiary/aromatic N) is 4. The lowest BCUT2D eigenvalue weighted by atomic mass is 9.92. The Morgan fingerprint density at radius 1 is 1.28 bits per heavy atom. The van der Waals surface area contributed by atoms with Crippen LogP contribution in [0.25, 0.3) is 10.6 Å². The smallest absolute Gasteiger partial charge is 0.321 e. The van der Waals surface area contributed by atoms with Gasteiger partial charge in [0.2, 0.25) is 0 Å². The number of carbonyl (C=O) groups excluding carboxylic acids is 2. The molecule has 1 aliphatic rings. The molecular formula is C20H22N6O2S. The molecule has 1 aliphatic heterocycles. The van der Waals surface area contributed by atoms with Crippen molar-refractivity contribution in [3.05, 3.63) is 53.3 Å². The van der Waals surface area contributed by atoms with Gasteiger partial charge in [-0.05, 0) is 37.1 Å². The van der Waals surface area contributed by atoms with Crippen LogP contribution in [0.1, 0.15) is 34.8 Å². The van der Waals surface area contributed by atoms with Crippen LogP contribution in [0.4, 0.5) is 10.5 Å². The second kappa shape index (κ2) is 8.04. The second-order valence-corrected chi connectivity index (χ2v) is 7.99. The number of thiazole rings is 1. The fraction of sp³-hybridized carbons (Fsp3) is 0.300. The highest BCUT2D eigenvalue weighted by Crippen LogP contribution is 2.29. The van der Waals surface area contributed by atoms with Crippen LogP contribution in [-0.4, -0.2) is 44.7 Å². The van der Waals surface area contributed by atoms with Gasteiger partial charge < -0.3 is 16.0 Å². The molecule has 2 aromatic heterocycles. The van der Waals surface area contributed by atoms with Crippen molar-refractivity contribution in [3.8, 4) is 10.6 Å². The first kappa shape index (κ1) is 19.1. The van der Waals surface area contributed by atoms with Crippen LogP contribution in [0, 0.1) is 0 Å². The molecule has 3 amide bonds. The van der Waals surface area contributed by atoms with Crippen molar-refractivity contribution in [1.82, 2.24) is 19.7 Å². The van der Waals surface area contributed by atoms with Gasteiger partial charge in [0.15, 0.2) is 0 Å². The number of anilines is 1. The number of nitrogens with one attached hydrogen (secondary N) is 1. The molecule has 0 spiro atoms. The van der Waals surface area contributed by atoms with Crippen LogP contribution in [0.15, 0.2) is 42.0 Å². The molecule has 1 atom stereocenters. The number of aromatic nitrogens is 3. The molecule has 1 saturated heterocycles. The molecule has 3 aromatic rings. The third-order valence-corrected chi connectivity index (χ3v) is 5.86. The summed E-state index contributed by atoms with van der Waals surface area (Å²) < 4.78 is 1.60. The van der Waals surface area contributed by atoms with Gasteiger partial charge in [0.25, 0.3) is 5.91 Å². The van der Waals surface area contributed by atoms with E-state index in [0.29, 0.717) is 24.3 Å². The number of rotatable bonds is 4. The number of aryl methyl sites for hydroxylation is 1. The summed E-state index contributed by atoms with van der Waals surface area (Å²) in [5.41, 5.74) is 8.34. The molecule has 0 aliphatic carbocycles. The molecule has 9 heteroatoms. The Kier molecular flexibility index (Phi) is 5.30. The summed E-state index contributed by atoms with van der Waals surface area (Å²) >= 11 is 1.57. The van der Waals surface area contributed by atoms with Gasteiger partial charge in [-0.2, -0.15) is 5.10 Å². The van der Waals surface area contributed by atoms with Crippen molar-refractivity contribution >= 4 is 29.0 Å². The van der Waals surface area contributed by atoms with E-state index in [2.05, 4.69) is 15.4 Å². The van der Waals surface area contributed by atoms with Crippen LogP contribution in [0.3, 0.4) is 0 Å². The maximum absolute atomic E-state index is 12.8. The minimum Gasteiger partial charge on any atom is -0.365 e. The maximum atomic E-state index is 12.8. The highest BCUT2D eigenvalue weighted by atomic mass is 32.1. The molecule has 0 radical (unpaired) electrons. The molecule has 8 nitrogen and oxygen atoms in total. The Bertz CT molecular complexity index is 1010. The zero-order chi connectivity index (χ0) is 20.4. The van der Waals surface area contributed by atoms with Crippen molar-refractivity contribution < 1.29 is 9.59 Å². The SMILES string of the molecule is Cn1cc(C(N)=O)c([C@@H]2CCCN(C(=O)Nc3ccc(-c4nccs4)cc3)C2)n1. The van der Waals surface area contributed by atoms with Crippen LogP contribution in [-0.2, 0) is 7.05 Å². The van der Waals surface area contributed by atoms with Crippen molar-refractivity contribution in [1.29, 1.82) is 0 Å². The van der Waals surface area contributed by atoms with Gasteiger partial charge in [0.05, 0.1) is 11.3 Å². The molecule has 150 valence electrons. The van der Waals surface area contributed by atoms with Crippen LogP contribution >= 0.6 is 11.3 Å². The molecule has 0 unspecified atom stereocenters. The average molecular weight is 411 g/mol. The first-order valence-corrected chi connectivity index (χ1v) is 10.3. The monoisotopic (exact) mass is 410 g/mol. The summed E-state index contributed by atoms with van der Waals surface area (Å²) in [6.07, 6.45) is 5.12. The zero-order valence-corrected chi connectivity index (χ0v) is 16.9. The average Bonchev–Trinajstić information content (AvgIpc) is 3.38. The first-order chi connectivity index (χ1) is 14.0. The summed E-state index contributed by atoms with van der Waals surface area (Å²) in [6.45, 7) is 1.17. The molecule has 0 saturated carbocycles. The molecule has 1 aromatic carbocycles. The third-order valence-electron chi connectivity index (χ3n) is 5.03. The third kappa shape index (κ3) is 4.14. The van der Waals surface area contributed by atoms with Gasteiger partial charge in [-0.15, -0.1) is 11.3 Å². The Balaban J connectivity index is 1.43. The molecule has 3 N–H and O–H groups in total. The second-order valence-electron chi connectivity index (χ2n) is 7.10. The number of piperidine rings is 1. The molecule has 29 heavy (non-hydrogen) atoms. The number of primary amides is 1. The van der Waals surface area contributed by atoms with E-state index in [0.717, 1.165) is 29.1 Å². The number of hydrogen-bond donors (Lipinski definition) is 2. The van der Waals surface area contributed by atoms with Crippen molar-refractivity contribution in [2.75, 3.05) is 18.4 Å². The quantitative estimate of drug-likeness (QED) is 0.689. The van der Waals surface area contributed by atoms with Gasteiger partial charge in [-0.1, -0.05) is 0 Å². The number of carbonyl (C=O) groups is 2. The van der Waals surface area contributed by atoms with Crippen LogP contribution in [0.5, 0.6) is 0 Å². The number of urea groups is 1. The van der Waals surface area contributed by atoms with Gasteiger partial charge >= 0.3 is 6.03 Å². The Morgan fingerprint density at radius 2 is 2.07 bits per heavy atom. The predicted octanol–water partition coefficient (Wildman–Crippen LogP) is 3.05. The van der Waals surface area contributed by atoms with E-state index < -0.39 is 5.91 Å². The summed E-state index contributed by atoms with van der Waals surface area (Å²) in [7, 11) is 1.76. The number of benzene rings is 1. The predicted molar refractivity (Wildman–Crippen MR) is 112 cm³/mol. The van der Waals surface area contributed by atoms with E-state index in [1.165, 1.54) is 0 Å². The number of hydrogen-bond acceptors (Lipinski definition) is 5. The van der Waals surface area contributed by atoms with Gasteiger partial charge in [-0.3, -0.25) is 9.48 Å². The summed E-state index contributed by atoms with van der Waals surface area (Å²) in [5, 5.41) is 10.3. The van der Waals surface area contributed by atoms with E-state index in [-0.39, 0.29) is 11.9 Å². The molecule has 1 fully saturated rings. The lowest BCUT2D eigenvalue weighted by molar-refractivity contribution is 0.0998. The van der Waals surface area contributed by atoms with Crippen molar-refractivity contribution in [2.24, 2.45) is 12.8 Å². The van der Waals surface area contributed by atoms with E-state index in [1.54, 1.807) is 40.4 Å². The molecule has 4 rings (SSSR count). The summed E-state index contributed by atoms with van der Waals surface area (Å²) in [6, 6.07) is 7.48. The minimum atomic E-state index is -0.491. The number of amides is 3. The van der Waals surface area contributed by atoms with E-state index in [4.69, 9.17) is 5.73 Å². The largest absolute Gasteiger partial charge is 0.365 e. The lowest BCUT2D eigenvalue weighted by Crippen LogP contribution is -2.42. The lowest BCUT2D eigenvalue weighted by Gasteiger charge is -2.32. The van der Waals surface area contributed by atoms with Crippen molar-refractivity contribution in [3.63, 3.8) is 0 Å².